The Bertz CT molecular complexity index is 552. The number of phenols is 1. The van der Waals surface area contributed by atoms with Gasteiger partial charge in [0, 0.05) is 0 Å². The van der Waals surface area contributed by atoms with Gasteiger partial charge in [-0.25, -0.2) is 0 Å². The minimum atomic E-state index is 0.240. The summed E-state index contributed by atoms with van der Waals surface area (Å²) in [5.74, 6) is 0.403. The van der Waals surface area contributed by atoms with Crippen molar-refractivity contribution in [2.24, 2.45) is 0 Å². The standard InChI is InChI=1S/C12H13N3OS/c1-7-14-15-12(17-7)13-10-6-5-9-8(10)3-2-4-11(9)16/h2-4,10,16H,5-6H2,1H3,(H,13,15). The van der Waals surface area contributed by atoms with E-state index < -0.39 is 0 Å². The van der Waals surface area contributed by atoms with Crippen LogP contribution in [0.3, 0.4) is 0 Å². The highest BCUT2D eigenvalue weighted by molar-refractivity contribution is 7.15. The number of phenolic OH excluding ortho intramolecular Hbond substituents is 1. The second kappa shape index (κ2) is 4.00. The number of anilines is 1. The van der Waals surface area contributed by atoms with Crippen LogP contribution in [0.2, 0.25) is 0 Å². The maximum absolute atomic E-state index is 9.77. The lowest BCUT2D eigenvalue weighted by Gasteiger charge is -2.12. The summed E-state index contributed by atoms with van der Waals surface area (Å²) < 4.78 is 0. The van der Waals surface area contributed by atoms with E-state index in [1.165, 1.54) is 5.56 Å². The van der Waals surface area contributed by atoms with Gasteiger partial charge >= 0.3 is 0 Å². The van der Waals surface area contributed by atoms with Gasteiger partial charge in [0.1, 0.15) is 10.8 Å². The molecule has 1 heterocycles. The first kappa shape index (κ1) is 10.5. The largest absolute Gasteiger partial charge is 0.508 e. The highest BCUT2D eigenvalue weighted by Gasteiger charge is 2.25. The van der Waals surface area contributed by atoms with Crippen molar-refractivity contribution in [3.63, 3.8) is 0 Å². The minimum Gasteiger partial charge on any atom is -0.508 e. The van der Waals surface area contributed by atoms with Gasteiger partial charge in [0.15, 0.2) is 0 Å². The van der Waals surface area contributed by atoms with Gasteiger partial charge in [-0.2, -0.15) is 0 Å². The summed E-state index contributed by atoms with van der Waals surface area (Å²) in [5, 5.41) is 23.0. The summed E-state index contributed by atoms with van der Waals surface area (Å²) in [4.78, 5) is 0. The van der Waals surface area contributed by atoms with E-state index >= 15 is 0 Å². The highest BCUT2D eigenvalue weighted by atomic mass is 32.1. The molecule has 88 valence electrons. The van der Waals surface area contributed by atoms with Crippen LogP contribution >= 0.6 is 11.3 Å². The molecule has 1 atom stereocenters. The zero-order valence-electron chi connectivity index (χ0n) is 9.47. The third kappa shape index (κ3) is 1.86. The lowest BCUT2D eigenvalue weighted by molar-refractivity contribution is 0.469. The number of nitrogens with one attached hydrogen (secondary N) is 1. The average molecular weight is 247 g/mol. The van der Waals surface area contributed by atoms with Crippen LogP contribution < -0.4 is 5.32 Å². The number of hydrogen-bond donors (Lipinski definition) is 2. The number of rotatable bonds is 2. The molecule has 0 bridgehead atoms. The number of aromatic hydroxyl groups is 1. The normalized spacial score (nSPS) is 18.1. The van der Waals surface area contributed by atoms with Gasteiger partial charge in [-0.15, -0.1) is 10.2 Å². The summed E-state index contributed by atoms with van der Waals surface area (Å²) >= 11 is 1.56. The Kier molecular flexibility index (Phi) is 2.48. The number of benzene rings is 1. The summed E-state index contributed by atoms with van der Waals surface area (Å²) in [7, 11) is 0. The molecule has 0 fully saturated rings. The van der Waals surface area contributed by atoms with E-state index in [0.717, 1.165) is 28.5 Å². The fourth-order valence-electron chi connectivity index (χ4n) is 2.29. The first-order valence-corrected chi connectivity index (χ1v) is 6.43. The Morgan fingerprint density at radius 3 is 3.06 bits per heavy atom. The molecular formula is C12H13N3OS. The molecule has 0 aliphatic heterocycles. The van der Waals surface area contributed by atoms with Crippen LogP contribution in [0.25, 0.3) is 0 Å². The van der Waals surface area contributed by atoms with Crippen LogP contribution in [0.15, 0.2) is 18.2 Å². The molecule has 5 heteroatoms. The number of hydrogen-bond acceptors (Lipinski definition) is 5. The minimum absolute atomic E-state index is 0.240. The molecule has 0 saturated carbocycles. The molecule has 1 aromatic carbocycles. The first-order valence-electron chi connectivity index (χ1n) is 5.61. The molecule has 2 aromatic rings. The van der Waals surface area contributed by atoms with Gasteiger partial charge in [-0.05, 0) is 37.0 Å². The van der Waals surface area contributed by atoms with Gasteiger partial charge in [0.25, 0.3) is 0 Å². The summed E-state index contributed by atoms with van der Waals surface area (Å²) in [6, 6.07) is 5.94. The van der Waals surface area contributed by atoms with E-state index in [4.69, 9.17) is 0 Å². The molecule has 0 amide bonds. The molecule has 1 aliphatic rings. The molecule has 2 N–H and O–H groups in total. The lowest BCUT2D eigenvalue weighted by atomic mass is 10.1. The van der Waals surface area contributed by atoms with Crippen LogP contribution in [0.1, 0.15) is 28.6 Å². The van der Waals surface area contributed by atoms with Crippen LogP contribution in [0, 0.1) is 6.92 Å². The van der Waals surface area contributed by atoms with Crippen molar-refractivity contribution in [1.29, 1.82) is 0 Å². The predicted molar refractivity (Wildman–Crippen MR) is 67.4 cm³/mol. The van der Waals surface area contributed by atoms with E-state index in [1.807, 2.05) is 13.0 Å². The molecule has 0 radical (unpaired) electrons. The second-order valence-corrected chi connectivity index (χ2v) is 5.39. The van der Waals surface area contributed by atoms with Crippen molar-refractivity contribution in [1.82, 2.24) is 10.2 Å². The maximum Gasteiger partial charge on any atom is 0.206 e. The third-order valence-corrected chi connectivity index (χ3v) is 3.84. The van der Waals surface area contributed by atoms with E-state index in [2.05, 4.69) is 21.6 Å². The Morgan fingerprint density at radius 1 is 1.41 bits per heavy atom. The zero-order chi connectivity index (χ0) is 11.8. The fraction of sp³-hybridized carbons (Fsp3) is 0.333. The van der Waals surface area contributed by atoms with Gasteiger partial charge < -0.3 is 10.4 Å². The number of aromatic nitrogens is 2. The quantitative estimate of drug-likeness (QED) is 0.856. The van der Waals surface area contributed by atoms with Crippen molar-refractivity contribution in [3.8, 4) is 5.75 Å². The monoisotopic (exact) mass is 247 g/mol. The summed E-state index contributed by atoms with van der Waals surface area (Å²) in [6.07, 6.45) is 1.91. The van der Waals surface area contributed by atoms with E-state index in [0.29, 0.717) is 5.75 Å². The van der Waals surface area contributed by atoms with E-state index in [1.54, 1.807) is 17.4 Å². The maximum atomic E-state index is 9.77. The highest BCUT2D eigenvalue weighted by Crippen LogP contribution is 2.38. The van der Waals surface area contributed by atoms with Crippen molar-refractivity contribution >= 4 is 16.5 Å². The van der Waals surface area contributed by atoms with Crippen LogP contribution in [-0.2, 0) is 6.42 Å². The Labute approximate surface area is 103 Å². The molecule has 1 aliphatic carbocycles. The van der Waals surface area contributed by atoms with Crippen LogP contribution in [0.4, 0.5) is 5.13 Å². The molecule has 0 saturated heterocycles. The molecule has 1 aromatic heterocycles. The zero-order valence-corrected chi connectivity index (χ0v) is 10.3. The van der Waals surface area contributed by atoms with Crippen molar-refractivity contribution in [3.05, 3.63) is 34.3 Å². The molecule has 1 unspecified atom stereocenters. The Morgan fingerprint density at radius 2 is 2.29 bits per heavy atom. The average Bonchev–Trinajstić information content (AvgIpc) is 2.88. The molecule has 3 rings (SSSR count). The topological polar surface area (TPSA) is 58.0 Å². The van der Waals surface area contributed by atoms with Gasteiger partial charge in [0.05, 0.1) is 6.04 Å². The predicted octanol–water partition coefficient (Wildman–Crippen LogP) is 2.65. The van der Waals surface area contributed by atoms with Crippen molar-refractivity contribution < 1.29 is 5.11 Å². The molecule has 4 nitrogen and oxygen atoms in total. The molecular weight excluding hydrogens is 234 g/mol. The Hall–Kier alpha value is -1.62. The lowest BCUT2D eigenvalue weighted by Crippen LogP contribution is -2.06. The third-order valence-electron chi connectivity index (χ3n) is 3.07. The smallest absolute Gasteiger partial charge is 0.206 e. The van der Waals surface area contributed by atoms with Gasteiger partial charge in [0.2, 0.25) is 5.13 Å². The first-order chi connectivity index (χ1) is 8.24. The second-order valence-electron chi connectivity index (χ2n) is 4.21. The SMILES string of the molecule is Cc1nnc(NC2CCc3c(O)cccc32)s1. The molecule has 0 spiro atoms. The Balaban J connectivity index is 1.86. The van der Waals surface area contributed by atoms with Gasteiger partial charge in [-0.3, -0.25) is 0 Å². The number of aryl methyl sites for hydroxylation is 1. The van der Waals surface area contributed by atoms with Crippen LogP contribution in [0.5, 0.6) is 5.75 Å². The summed E-state index contributed by atoms with van der Waals surface area (Å²) in [6.45, 7) is 1.94. The van der Waals surface area contributed by atoms with E-state index in [9.17, 15) is 5.11 Å². The molecule has 17 heavy (non-hydrogen) atoms. The number of nitrogens with zero attached hydrogens (tertiary/aromatic N) is 2. The van der Waals surface area contributed by atoms with Crippen molar-refractivity contribution in [2.75, 3.05) is 5.32 Å². The van der Waals surface area contributed by atoms with Gasteiger partial charge in [-0.1, -0.05) is 23.5 Å². The fourth-order valence-corrected chi connectivity index (χ4v) is 2.93. The van der Waals surface area contributed by atoms with E-state index in [-0.39, 0.29) is 6.04 Å². The summed E-state index contributed by atoms with van der Waals surface area (Å²) in [5.41, 5.74) is 2.24. The number of fused-ring (bicyclic) bond motifs is 1. The van der Waals surface area contributed by atoms with Crippen LogP contribution in [-0.4, -0.2) is 15.3 Å². The van der Waals surface area contributed by atoms with Crippen molar-refractivity contribution in [2.45, 2.75) is 25.8 Å².